The molecule has 7 nitrogen and oxygen atoms in total. The van der Waals surface area contributed by atoms with Crippen molar-refractivity contribution >= 4 is 11.8 Å². The van der Waals surface area contributed by atoms with Crippen LogP contribution in [0.5, 0.6) is 0 Å². The Morgan fingerprint density at radius 1 is 0.900 bits per heavy atom. The van der Waals surface area contributed by atoms with Crippen LogP contribution >= 0.6 is 0 Å². The molecule has 2 aliphatic rings. The van der Waals surface area contributed by atoms with Gasteiger partial charge in [0.05, 0.1) is 11.1 Å². The number of nitrogens with zero attached hydrogens (tertiary/aromatic N) is 4. The van der Waals surface area contributed by atoms with E-state index in [9.17, 15) is 9.59 Å². The van der Waals surface area contributed by atoms with Gasteiger partial charge < -0.3 is 9.80 Å². The largest absolute Gasteiger partial charge is 0.338 e. The summed E-state index contributed by atoms with van der Waals surface area (Å²) in [6.45, 7) is 2.17. The number of piperazine rings is 1. The van der Waals surface area contributed by atoms with Crippen molar-refractivity contribution in [2.75, 3.05) is 26.2 Å². The molecule has 1 aliphatic carbocycles. The van der Waals surface area contributed by atoms with E-state index in [0.29, 0.717) is 37.6 Å². The van der Waals surface area contributed by atoms with E-state index in [0.717, 1.165) is 24.0 Å². The number of amides is 2. The van der Waals surface area contributed by atoms with Crippen LogP contribution < -0.4 is 0 Å². The molecule has 30 heavy (non-hydrogen) atoms. The lowest BCUT2D eigenvalue weighted by molar-refractivity contribution is -0.135. The van der Waals surface area contributed by atoms with Gasteiger partial charge in [-0.05, 0) is 36.6 Å². The Morgan fingerprint density at radius 2 is 1.57 bits per heavy atom. The molecule has 152 valence electrons. The van der Waals surface area contributed by atoms with Crippen molar-refractivity contribution in [1.82, 2.24) is 25.0 Å². The molecular weight excluding hydrogens is 378 g/mol. The summed E-state index contributed by atoms with van der Waals surface area (Å²) < 4.78 is 0. The van der Waals surface area contributed by atoms with E-state index in [1.54, 1.807) is 23.4 Å². The highest BCUT2D eigenvalue weighted by Gasteiger charge is 2.53. The maximum absolute atomic E-state index is 13.2. The maximum atomic E-state index is 13.2. The number of H-pyrrole nitrogens is 1. The molecule has 0 radical (unpaired) electrons. The molecule has 0 atom stereocenters. The van der Waals surface area contributed by atoms with Gasteiger partial charge in [-0.15, -0.1) is 0 Å². The Bertz CT molecular complexity index is 1050. The summed E-state index contributed by atoms with van der Waals surface area (Å²) in [6, 6.07) is 15.5. The molecular formula is C23H23N5O2. The summed E-state index contributed by atoms with van der Waals surface area (Å²) in [4.78, 5) is 33.8. The first kappa shape index (κ1) is 18.5. The third-order valence-electron chi connectivity index (χ3n) is 6.12. The van der Waals surface area contributed by atoms with E-state index < -0.39 is 0 Å². The Morgan fingerprint density at radius 3 is 2.23 bits per heavy atom. The lowest BCUT2D eigenvalue weighted by Gasteiger charge is -2.36. The fraction of sp³-hybridized carbons (Fsp3) is 0.304. The van der Waals surface area contributed by atoms with Crippen LogP contribution in [0.2, 0.25) is 0 Å². The van der Waals surface area contributed by atoms with Crippen LogP contribution in [-0.2, 0) is 10.2 Å². The van der Waals surface area contributed by atoms with E-state index in [4.69, 9.17) is 0 Å². The molecule has 0 spiro atoms. The molecule has 0 unspecified atom stereocenters. The molecule has 0 bridgehead atoms. The fourth-order valence-electron chi connectivity index (χ4n) is 4.20. The summed E-state index contributed by atoms with van der Waals surface area (Å²) >= 11 is 0. The number of aromatic amines is 1. The summed E-state index contributed by atoms with van der Waals surface area (Å²) in [6.07, 6.45) is 5.20. The summed E-state index contributed by atoms with van der Waals surface area (Å²) in [5.41, 5.74) is 2.84. The van der Waals surface area contributed by atoms with Gasteiger partial charge in [-0.3, -0.25) is 19.7 Å². The zero-order valence-corrected chi connectivity index (χ0v) is 16.6. The number of pyridine rings is 1. The van der Waals surface area contributed by atoms with Crippen molar-refractivity contribution in [1.29, 1.82) is 0 Å². The van der Waals surface area contributed by atoms with Crippen molar-refractivity contribution in [3.8, 4) is 11.3 Å². The molecule has 1 saturated carbocycles. The summed E-state index contributed by atoms with van der Waals surface area (Å²) in [5, 5.41) is 7.10. The first-order chi connectivity index (χ1) is 14.7. The Hall–Kier alpha value is -3.48. The number of hydrogen-bond acceptors (Lipinski definition) is 4. The van der Waals surface area contributed by atoms with E-state index in [1.165, 1.54) is 0 Å². The van der Waals surface area contributed by atoms with Crippen molar-refractivity contribution in [3.63, 3.8) is 0 Å². The third-order valence-corrected chi connectivity index (χ3v) is 6.12. The number of hydrogen-bond donors (Lipinski definition) is 1. The second kappa shape index (κ2) is 7.40. The number of benzene rings is 1. The quantitative estimate of drug-likeness (QED) is 0.728. The highest BCUT2D eigenvalue weighted by atomic mass is 16.2. The van der Waals surface area contributed by atoms with E-state index in [2.05, 4.69) is 15.2 Å². The zero-order chi connectivity index (χ0) is 20.6. The van der Waals surface area contributed by atoms with Gasteiger partial charge in [0.1, 0.15) is 5.69 Å². The van der Waals surface area contributed by atoms with Gasteiger partial charge in [-0.25, -0.2) is 0 Å². The fourth-order valence-corrected chi connectivity index (χ4v) is 4.20. The van der Waals surface area contributed by atoms with Gasteiger partial charge in [0.2, 0.25) is 5.91 Å². The molecule has 1 saturated heterocycles. The van der Waals surface area contributed by atoms with E-state index in [-0.39, 0.29) is 17.2 Å². The van der Waals surface area contributed by atoms with Crippen LogP contribution in [0.4, 0.5) is 0 Å². The van der Waals surface area contributed by atoms with Gasteiger partial charge in [0.25, 0.3) is 5.91 Å². The first-order valence-corrected chi connectivity index (χ1v) is 10.3. The second-order valence-corrected chi connectivity index (χ2v) is 7.94. The monoisotopic (exact) mass is 401 g/mol. The molecule has 1 aliphatic heterocycles. The minimum absolute atomic E-state index is 0.0842. The van der Waals surface area contributed by atoms with Gasteiger partial charge in [0, 0.05) is 44.1 Å². The van der Waals surface area contributed by atoms with Gasteiger partial charge in [-0.2, -0.15) is 5.10 Å². The lowest BCUT2D eigenvalue weighted by Crippen LogP contribution is -2.53. The molecule has 7 heteroatoms. The van der Waals surface area contributed by atoms with Gasteiger partial charge in [0.15, 0.2) is 0 Å². The molecule has 1 N–H and O–H groups in total. The van der Waals surface area contributed by atoms with Crippen molar-refractivity contribution in [2.24, 2.45) is 0 Å². The van der Waals surface area contributed by atoms with Gasteiger partial charge in [-0.1, -0.05) is 30.3 Å². The van der Waals surface area contributed by atoms with Crippen molar-refractivity contribution < 1.29 is 9.59 Å². The average Bonchev–Trinajstić information content (AvgIpc) is 3.49. The minimum atomic E-state index is -0.351. The van der Waals surface area contributed by atoms with Crippen LogP contribution in [-0.4, -0.2) is 63.0 Å². The van der Waals surface area contributed by atoms with Crippen molar-refractivity contribution in [2.45, 2.75) is 18.3 Å². The Balaban J connectivity index is 1.23. The molecule has 5 rings (SSSR count). The predicted molar refractivity (Wildman–Crippen MR) is 112 cm³/mol. The SMILES string of the molecule is O=C(c1cc(-c2ccncc2)n[nH]1)N1CCN(C(=O)C2(c3ccccc3)CC2)CC1. The first-order valence-electron chi connectivity index (χ1n) is 10.3. The number of aromatic nitrogens is 3. The maximum Gasteiger partial charge on any atom is 0.272 e. The van der Waals surface area contributed by atoms with Crippen LogP contribution in [0.15, 0.2) is 60.9 Å². The van der Waals surface area contributed by atoms with Crippen LogP contribution in [0.3, 0.4) is 0 Å². The Labute approximate surface area is 174 Å². The van der Waals surface area contributed by atoms with Crippen LogP contribution in [0.25, 0.3) is 11.3 Å². The number of nitrogens with one attached hydrogen (secondary N) is 1. The van der Waals surface area contributed by atoms with E-state index >= 15 is 0 Å². The van der Waals surface area contributed by atoms with E-state index in [1.807, 2.05) is 47.4 Å². The summed E-state index contributed by atoms with van der Waals surface area (Å²) in [5.74, 6) is 0.112. The number of carbonyl (C=O) groups excluding carboxylic acids is 2. The Kier molecular flexibility index (Phi) is 4.58. The molecule has 2 amide bonds. The van der Waals surface area contributed by atoms with Gasteiger partial charge >= 0.3 is 0 Å². The smallest absolute Gasteiger partial charge is 0.272 e. The molecule has 3 heterocycles. The van der Waals surface area contributed by atoms with Crippen molar-refractivity contribution in [3.05, 3.63) is 72.2 Å². The predicted octanol–water partition coefficient (Wildman–Crippen LogP) is 2.49. The topological polar surface area (TPSA) is 82.2 Å². The third kappa shape index (κ3) is 3.26. The lowest BCUT2D eigenvalue weighted by atomic mass is 9.94. The highest BCUT2D eigenvalue weighted by molar-refractivity contribution is 5.94. The molecule has 2 aromatic heterocycles. The highest BCUT2D eigenvalue weighted by Crippen LogP contribution is 2.49. The molecule has 3 aromatic rings. The van der Waals surface area contributed by atoms with Crippen LogP contribution in [0, 0.1) is 0 Å². The van der Waals surface area contributed by atoms with Crippen LogP contribution in [0.1, 0.15) is 28.9 Å². The minimum Gasteiger partial charge on any atom is -0.338 e. The molecule has 2 fully saturated rings. The zero-order valence-electron chi connectivity index (χ0n) is 16.6. The molecule has 1 aromatic carbocycles. The second-order valence-electron chi connectivity index (χ2n) is 7.94. The summed E-state index contributed by atoms with van der Waals surface area (Å²) in [7, 11) is 0. The average molecular weight is 401 g/mol. The number of carbonyl (C=O) groups is 2. The normalized spacial score (nSPS) is 17.6. The standard InChI is InChI=1S/C23H23N5O2/c29-21(20-16-19(25-26-20)17-6-10-24-11-7-17)27-12-14-28(15-13-27)22(30)23(8-9-23)18-4-2-1-3-5-18/h1-7,10-11,16H,8-9,12-15H2,(H,25,26). The number of rotatable bonds is 4.